The molecular formula is C13H11FN4O. The molecule has 3 rings (SSSR count). The number of fused-ring (bicyclic) bond motifs is 1. The van der Waals surface area contributed by atoms with Crippen LogP contribution in [-0.4, -0.2) is 5.91 Å². The third-order valence-corrected chi connectivity index (χ3v) is 2.76. The summed E-state index contributed by atoms with van der Waals surface area (Å²) < 4.78 is 13.0. The van der Waals surface area contributed by atoms with Gasteiger partial charge in [0, 0.05) is 11.3 Å². The second kappa shape index (κ2) is 4.58. The number of nitrogens with one attached hydrogen (secondary N) is 4. The molecule has 2 aromatic carbocycles. The molecule has 1 heterocycles. The Hall–Kier alpha value is -2.60. The first-order valence-electron chi connectivity index (χ1n) is 5.70. The summed E-state index contributed by atoms with van der Waals surface area (Å²) in [5.74, 6) is -0.677. The number of hydrogen-bond acceptors (Lipinski definition) is 4. The number of carbonyl (C=O) groups excluding carboxylic acids is 1. The van der Waals surface area contributed by atoms with Crippen molar-refractivity contribution in [3.63, 3.8) is 0 Å². The molecule has 0 atom stereocenters. The van der Waals surface area contributed by atoms with Gasteiger partial charge in [-0.2, -0.15) is 0 Å². The monoisotopic (exact) mass is 258 g/mol. The largest absolute Gasteiger partial charge is 0.322 e. The van der Waals surface area contributed by atoms with E-state index in [1.165, 1.54) is 12.1 Å². The molecule has 6 heteroatoms. The Labute approximate surface area is 108 Å². The Morgan fingerprint density at radius 3 is 2.74 bits per heavy atom. The minimum atomic E-state index is -0.387. The van der Waals surface area contributed by atoms with E-state index in [0.29, 0.717) is 11.3 Å². The maximum absolute atomic E-state index is 13.0. The van der Waals surface area contributed by atoms with Crippen molar-refractivity contribution in [2.75, 3.05) is 16.2 Å². The van der Waals surface area contributed by atoms with E-state index in [-0.39, 0.29) is 11.7 Å². The van der Waals surface area contributed by atoms with Crippen LogP contribution in [0.25, 0.3) is 0 Å². The number of rotatable bonds is 2. The molecule has 0 bridgehead atoms. The molecule has 5 nitrogen and oxygen atoms in total. The number of hydrazine groups is 2. The molecule has 0 aliphatic carbocycles. The molecule has 2 aromatic rings. The zero-order chi connectivity index (χ0) is 13.2. The second-order valence-electron chi connectivity index (χ2n) is 4.10. The summed E-state index contributed by atoms with van der Waals surface area (Å²) in [6.07, 6.45) is 0. The summed E-state index contributed by atoms with van der Waals surface area (Å²) in [5, 5.41) is 2.64. The van der Waals surface area contributed by atoms with Crippen LogP contribution in [0, 0.1) is 5.82 Å². The smallest absolute Gasteiger partial charge is 0.255 e. The summed E-state index contributed by atoms with van der Waals surface area (Å²) in [6, 6.07) is 11.0. The van der Waals surface area contributed by atoms with Crippen LogP contribution in [0.1, 0.15) is 10.4 Å². The summed E-state index contributed by atoms with van der Waals surface area (Å²) in [5.41, 5.74) is 11.0. The van der Waals surface area contributed by atoms with Crippen LogP contribution < -0.4 is 21.7 Å². The molecule has 0 spiro atoms. The SMILES string of the molecule is O=C(Nc1cccc(F)c1)c1ccc2c(c1)NNN2. The molecule has 0 saturated carbocycles. The highest BCUT2D eigenvalue weighted by atomic mass is 19.1. The van der Waals surface area contributed by atoms with Crippen LogP contribution in [0.15, 0.2) is 42.5 Å². The van der Waals surface area contributed by atoms with E-state index in [0.717, 1.165) is 11.4 Å². The van der Waals surface area contributed by atoms with Gasteiger partial charge in [0.2, 0.25) is 0 Å². The van der Waals surface area contributed by atoms with E-state index >= 15 is 0 Å². The number of amides is 1. The van der Waals surface area contributed by atoms with E-state index in [1.54, 1.807) is 30.3 Å². The number of carbonyl (C=O) groups is 1. The first-order chi connectivity index (χ1) is 9.22. The normalized spacial score (nSPS) is 12.3. The second-order valence-corrected chi connectivity index (χ2v) is 4.10. The average molecular weight is 258 g/mol. The lowest BCUT2D eigenvalue weighted by Crippen LogP contribution is -2.19. The van der Waals surface area contributed by atoms with Gasteiger partial charge in [-0.15, -0.1) is 5.53 Å². The zero-order valence-corrected chi connectivity index (χ0v) is 9.83. The maximum Gasteiger partial charge on any atom is 0.255 e. The Kier molecular flexibility index (Phi) is 2.77. The van der Waals surface area contributed by atoms with Crippen molar-refractivity contribution >= 4 is 23.0 Å². The molecule has 1 aliphatic heterocycles. The highest BCUT2D eigenvalue weighted by Gasteiger charge is 2.13. The first kappa shape index (κ1) is 11.5. The number of hydrogen-bond donors (Lipinski definition) is 4. The summed E-state index contributed by atoms with van der Waals surface area (Å²) >= 11 is 0. The predicted molar refractivity (Wildman–Crippen MR) is 71.2 cm³/mol. The van der Waals surface area contributed by atoms with Crippen LogP contribution in [0.5, 0.6) is 0 Å². The van der Waals surface area contributed by atoms with Crippen molar-refractivity contribution in [1.82, 2.24) is 5.53 Å². The van der Waals surface area contributed by atoms with E-state index in [1.807, 2.05) is 0 Å². The number of halogens is 1. The van der Waals surface area contributed by atoms with E-state index in [2.05, 4.69) is 21.7 Å². The van der Waals surface area contributed by atoms with Gasteiger partial charge in [-0.05, 0) is 36.4 Å². The molecule has 0 radical (unpaired) electrons. The van der Waals surface area contributed by atoms with Gasteiger partial charge in [0.25, 0.3) is 5.91 Å². The molecule has 1 amide bonds. The minimum Gasteiger partial charge on any atom is -0.322 e. The van der Waals surface area contributed by atoms with Gasteiger partial charge in [0.1, 0.15) is 5.82 Å². The van der Waals surface area contributed by atoms with Gasteiger partial charge >= 0.3 is 0 Å². The van der Waals surface area contributed by atoms with Gasteiger partial charge < -0.3 is 16.2 Å². The summed E-state index contributed by atoms with van der Waals surface area (Å²) in [7, 11) is 0. The summed E-state index contributed by atoms with van der Waals surface area (Å²) in [4.78, 5) is 12.0. The fraction of sp³-hybridized carbons (Fsp3) is 0. The third-order valence-electron chi connectivity index (χ3n) is 2.76. The first-order valence-corrected chi connectivity index (χ1v) is 5.70. The number of anilines is 3. The van der Waals surface area contributed by atoms with Crippen molar-refractivity contribution in [3.8, 4) is 0 Å². The molecule has 0 fully saturated rings. The Balaban J connectivity index is 1.81. The molecule has 0 aromatic heterocycles. The minimum absolute atomic E-state index is 0.290. The van der Waals surface area contributed by atoms with Crippen LogP contribution >= 0.6 is 0 Å². The van der Waals surface area contributed by atoms with Gasteiger partial charge in [-0.1, -0.05) is 6.07 Å². The molecule has 96 valence electrons. The molecular weight excluding hydrogens is 247 g/mol. The lowest BCUT2D eigenvalue weighted by atomic mass is 10.1. The topological polar surface area (TPSA) is 65.2 Å². The van der Waals surface area contributed by atoms with Crippen molar-refractivity contribution in [3.05, 3.63) is 53.8 Å². The quantitative estimate of drug-likeness (QED) is 0.667. The van der Waals surface area contributed by atoms with Crippen LogP contribution in [0.3, 0.4) is 0 Å². The maximum atomic E-state index is 13.0. The molecule has 0 unspecified atom stereocenters. The van der Waals surface area contributed by atoms with Gasteiger partial charge in [-0.3, -0.25) is 4.79 Å². The van der Waals surface area contributed by atoms with Gasteiger partial charge in [0.05, 0.1) is 11.4 Å². The fourth-order valence-corrected chi connectivity index (χ4v) is 1.83. The zero-order valence-electron chi connectivity index (χ0n) is 9.83. The number of benzene rings is 2. The van der Waals surface area contributed by atoms with Gasteiger partial charge in [0.15, 0.2) is 0 Å². The lowest BCUT2D eigenvalue weighted by Gasteiger charge is -2.06. The van der Waals surface area contributed by atoms with Crippen molar-refractivity contribution < 1.29 is 9.18 Å². The van der Waals surface area contributed by atoms with Crippen molar-refractivity contribution in [1.29, 1.82) is 0 Å². The standard InChI is InChI=1S/C13H11FN4O/c14-9-2-1-3-10(7-9)15-13(19)8-4-5-11-12(6-8)17-18-16-11/h1-7,16-18H,(H,15,19). The molecule has 4 N–H and O–H groups in total. The fourth-order valence-electron chi connectivity index (χ4n) is 1.83. The van der Waals surface area contributed by atoms with Crippen LogP contribution in [0.4, 0.5) is 21.5 Å². The predicted octanol–water partition coefficient (Wildman–Crippen LogP) is 2.33. The Morgan fingerprint density at radius 2 is 1.89 bits per heavy atom. The summed E-state index contributed by atoms with van der Waals surface area (Å²) in [6.45, 7) is 0. The lowest BCUT2D eigenvalue weighted by molar-refractivity contribution is 0.102. The Morgan fingerprint density at radius 1 is 1.05 bits per heavy atom. The van der Waals surface area contributed by atoms with Crippen LogP contribution in [-0.2, 0) is 0 Å². The molecule has 0 saturated heterocycles. The van der Waals surface area contributed by atoms with Crippen molar-refractivity contribution in [2.45, 2.75) is 0 Å². The molecule has 1 aliphatic rings. The highest BCUT2D eigenvalue weighted by Crippen LogP contribution is 2.25. The van der Waals surface area contributed by atoms with E-state index < -0.39 is 0 Å². The van der Waals surface area contributed by atoms with Gasteiger partial charge in [-0.25, -0.2) is 4.39 Å². The van der Waals surface area contributed by atoms with E-state index in [9.17, 15) is 9.18 Å². The Bertz CT molecular complexity index is 644. The van der Waals surface area contributed by atoms with E-state index in [4.69, 9.17) is 0 Å². The highest BCUT2D eigenvalue weighted by molar-refractivity contribution is 6.05. The van der Waals surface area contributed by atoms with Crippen molar-refractivity contribution in [2.24, 2.45) is 0 Å². The average Bonchev–Trinajstić information content (AvgIpc) is 2.85. The molecule has 19 heavy (non-hydrogen) atoms. The third kappa shape index (κ3) is 2.34. The van der Waals surface area contributed by atoms with Crippen LogP contribution in [0.2, 0.25) is 0 Å².